The number of aryl methyl sites for hydroxylation is 2. The van der Waals surface area contributed by atoms with Gasteiger partial charge in [0.15, 0.2) is 34.9 Å². The fraction of sp³-hybridized carbons (Fsp3) is 0.0235. The van der Waals surface area contributed by atoms with E-state index in [1.54, 1.807) is 0 Å². The third-order valence-corrected chi connectivity index (χ3v) is 18.2. The fourth-order valence-electron chi connectivity index (χ4n) is 13.9. The van der Waals surface area contributed by atoms with Crippen molar-refractivity contribution in [2.45, 2.75) is 13.8 Å². The molecular formula is C85H56N10. The molecule has 0 bridgehead atoms. The number of nitrogens with zero attached hydrogens (tertiary/aromatic N) is 10. The van der Waals surface area contributed by atoms with Gasteiger partial charge in [-0.05, 0) is 86.6 Å². The van der Waals surface area contributed by atoms with Gasteiger partial charge >= 0.3 is 0 Å². The van der Waals surface area contributed by atoms with E-state index in [0.29, 0.717) is 46.1 Å². The number of fused-ring (bicyclic) bond motifs is 9. The van der Waals surface area contributed by atoms with Crippen molar-refractivity contribution in [2.24, 2.45) is 0 Å². The minimum absolute atomic E-state index is 0.440. The molecule has 6 aromatic heterocycles. The molecule has 0 aliphatic carbocycles. The highest BCUT2D eigenvalue weighted by atomic mass is 15.1. The molecule has 6 heterocycles. The van der Waals surface area contributed by atoms with Gasteiger partial charge in [-0.25, -0.2) is 34.9 Å². The maximum Gasteiger partial charge on any atom is 0.168 e. The van der Waals surface area contributed by atoms with Crippen molar-refractivity contribution in [1.82, 2.24) is 48.6 Å². The number of para-hydroxylation sites is 3. The van der Waals surface area contributed by atoms with Crippen molar-refractivity contribution in [2.75, 3.05) is 0 Å². The van der Waals surface area contributed by atoms with Gasteiger partial charge in [0.05, 0.1) is 67.1 Å². The predicted molar refractivity (Wildman–Crippen MR) is 387 cm³/mol. The first-order valence-electron chi connectivity index (χ1n) is 32.0. The summed E-state index contributed by atoms with van der Waals surface area (Å²) >= 11 is 0. The zero-order valence-corrected chi connectivity index (χ0v) is 51.8. The van der Waals surface area contributed by atoms with E-state index in [4.69, 9.17) is 34.9 Å². The highest BCUT2D eigenvalue weighted by Gasteiger charge is 2.33. The van der Waals surface area contributed by atoms with Crippen LogP contribution in [0.25, 0.3) is 173 Å². The van der Waals surface area contributed by atoms with Crippen molar-refractivity contribution in [3.63, 3.8) is 0 Å². The van der Waals surface area contributed by atoms with E-state index < -0.39 is 0 Å². The molecule has 10 nitrogen and oxygen atoms in total. The Labute approximate surface area is 547 Å². The molecule has 10 heteroatoms. The van der Waals surface area contributed by atoms with Crippen molar-refractivity contribution in [3.05, 3.63) is 314 Å². The lowest BCUT2D eigenvalue weighted by Crippen LogP contribution is -2.14. The molecule has 0 spiro atoms. The lowest BCUT2D eigenvalue weighted by atomic mass is 9.98. The van der Waals surface area contributed by atoms with Gasteiger partial charge in [0.25, 0.3) is 0 Å². The number of hydrogen-bond donors (Lipinski definition) is 0. The highest BCUT2D eigenvalue weighted by Crippen LogP contribution is 2.50. The third-order valence-electron chi connectivity index (χ3n) is 18.2. The van der Waals surface area contributed by atoms with Crippen molar-refractivity contribution in [1.29, 1.82) is 0 Å². The van der Waals surface area contributed by atoms with Crippen LogP contribution < -0.4 is 0 Å². The predicted octanol–water partition coefficient (Wildman–Crippen LogP) is 20.7. The third kappa shape index (κ3) is 9.37. The van der Waals surface area contributed by atoms with E-state index >= 15 is 0 Å². The Morgan fingerprint density at radius 3 is 1.04 bits per heavy atom. The highest BCUT2D eigenvalue weighted by molar-refractivity contribution is 6.15. The smallest absolute Gasteiger partial charge is 0.168 e. The maximum absolute atomic E-state index is 5.86. The maximum atomic E-state index is 5.86. The summed E-state index contributed by atoms with van der Waals surface area (Å²) < 4.78 is 7.31. The zero-order valence-electron chi connectivity index (χ0n) is 51.8. The molecule has 0 aliphatic rings. The molecule has 18 rings (SSSR count). The summed E-state index contributed by atoms with van der Waals surface area (Å²) in [6, 6.07) is 106. The molecular weight excluding hydrogens is 1160 g/mol. The van der Waals surface area contributed by atoms with Crippen LogP contribution in [-0.4, -0.2) is 48.6 Å². The fourth-order valence-corrected chi connectivity index (χ4v) is 13.9. The lowest BCUT2D eigenvalue weighted by Gasteiger charge is -2.26. The Kier molecular flexibility index (Phi) is 13.1. The average molecular weight is 1220 g/mol. The summed E-state index contributed by atoms with van der Waals surface area (Å²) in [6.45, 7) is 4.33. The number of pyridine rings is 1. The van der Waals surface area contributed by atoms with Crippen molar-refractivity contribution in [3.8, 4) is 108 Å². The second kappa shape index (κ2) is 22.6. The molecule has 0 N–H and O–H groups in total. The Morgan fingerprint density at radius 1 is 0.221 bits per heavy atom. The van der Waals surface area contributed by atoms with E-state index in [9.17, 15) is 0 Å². The van der Waals surface area contributed by atoms with Gasteiger partial charge in [-0.1, -0.05) is 242 Å². The Hall–Kier alpha value is -12.8. The minimum atomic E-state index is 0.440. The van der Waals surface area contributed by atoms with Gasteiger partial charge in [0.2, 0.25) is 0 Å². The van der Waals surface area contributed by atoms with E-state index in [-0.39, 0.29) is 0 Å². The SMILES string of the molecule is Cc1ccc2c(c1)c1ccccc1n2-c1c(-c2nc(-c3ccccc3)nc(-c3ccccc3)n2)cc(-n2c3ccccc3c3cc(-c4cccc(-c5ccccc5)n4)ccc32)c(-n2c3ccccc3c3cc(C)ccc32)c1-c1nc(-c2ccccc2)nc(-c2ccccc2)n1. The van der Waals surface area contributed by atoms with Gasteiger partial charge in [-0.15, -0.1) is 0 Å². The first-order valence-corrected chi connectivity index (χ1v) is 32.0. The zero-order chi connectivity index (χ0) is 63.1. The molecule has 0 saturated carbocycles. The summed E-state index contributed by atoms with van der Waals surface area (Å²) in [5.74, 6) is 2.97. The molecule has 0 aliphatic heterocycles. The van der Waals surface area contributed by atoms with Gasteiger partial charge in [-0.2, -0.15) is 0 Å². The van der Waals surface area contributed by atoms with Crippen LogP contribution in [0.3, 0.4) is 0 Å². The van der Waals surface area contributed by atoms with Crippen LogP contribution in [-0.2, 0) is 0 Å². The Morgan fingerprint density at radius 2 is 0.568 bits per heavy atom. The molecule has 446 valence electrons. The minimum Gasteiger partial charge on any atom is -0.308 e. The molecule has 0 fully saturated rings. The molecule has 0 saturated heterocycles. The van der Waals surface area contributed by atoms with Gasteiger partial charge < -0.3 is 13.7 Å². The number of rotatable bonds is 11. The van der Waals surface area contributed by atoms with Gasteiger partial charge in [0, 0.05) is 71.3 Å². The summed E-state index contributed by atoms with van der Waals surface area (Å²) in [5.41, 5.74) is 19.2. The topological polar surface area (TPSA) is 105 Å². The van der Waals surface area contributed by atoms with Gasteiger partial charge in [0.1, 0.15) is 0 Å². The standard InChI is InChI=1S/C85H56N10/c1-53-43-46-74-64(49-53)61-35-19-22-41-71(61)94(74)78-67(84-89-80(56-27-10-4-11-28-56)87-81(90-84)57-29-12-5-13-30-57)52-76(93-70-40-21-18-37-63(70)66-51-60(45-48-73(66)93)69-39-24-38-68(86-69)55-25-8-3-9-26-55)79(95-72-42-23-20-36-62(72)65-50-54(2)44-47-75(65)95)77(78)85-91-82(58-31-14-6-15-32-58)88-83(92-85)59-33-16-7-17-34-59/h3-52H,1-2H3. The number of hydrogen-bond acceptors (Lipinski definition) is 7. The average Bonchev–Trinajstić information content (AvgIpc) is 1.61. The van der Waals surface area contributed by atoms with Crippen LogP contribution in [0, 0.1) is 13.8 Å². The first-order chi connectivity index (χ1) is 46.9. The van der Waals surface area contributed by atoms with Crippen LogP contribution in [0.4, 0.5) is 0 Å². The summed E-state index contributed by atoms with van der Waals surface area (Å²) in [6.07, 6.45) is 0. The Bertz CT molecular complexity index is 5920. The largest absolute Gasteiger partial charge is 0.308 e. The number of aromatic nitrogens is 10. The normalized spacial score (nSPS) is 11.7. The van der Waals surface area contributed by atoms with Crippen molar-refractivity contribution >= 4 is 65.4 Å². The lowest BCUT2D eigenvalue weighted by molar-refractivity contribution is 1.03. The molecule has 18 aromatic rings. The molecule has 0 radical (unpaired) electrons. The molecule has 0 amide bonds. The quantitative estimate of drug-likeness (QED) is 0.127. The summed E-state index contributed by atoms with van der Waals surface area (Å²) in [5, 5.41) is 6.49. The van der Waals surface area contributed by atoms with Crippen molar-refractivity contribution < 1.29 is 0 Å². The summed E-state index contributed by atoms with van der Waals surface area (Å²) in [7, 11) is 0. The van der Waals surface area contributed by atoms with E-state index in [1.165, 1.54) is 0 Å². The summed E-state index contributed by atoms with van der Waals surface area (Å²) in [4.78, 5) is 39.2. The van der Waals surface area contributed by atoms with Gasteiger partial charge in [-0.3, -0.25) is 0 Å². The monoisotopic (exact) mass is 1220 g/mol. The molecule has 0 unspecified atom stereocenters. The van der Waals surface area contributed by atoms with Crippen LogP contribution in [0.1, 0.15) is 11.1 Å². The number of benzene rings is 12. The molecule has 0 atom stereocenters. The van der Waals surface area contributed by atoms with Crippen LogP contribution >= 0.6 is 0 Å². The van der Waals surface area contributed by atoms with Crippen LogP contribution in [0.5, 0.6) is 0 Å². The van der Waals surface area contributed by atoms with Crippen LogP contribution in [0.2, 0.25) is 0 Å². The second-order valence-corrected chi connectivity index (χ2v) is 24.2. The second-order valence-electron chi connectivity index (χ2n) is 24.2. The van der Waals surface area contributed by atoms with E-state index in [2.05, 4.69) is 252 Å². The Balaban J connectivity index is 1.09. The molecule has 12 aromatic carbocycles. The van der Waals surface area contributed by atoms with E-state index in [0.717, 1.165) is 138 Å². The molecule has 95 heavy (non-hydrogen) atoms. The first kappa shape index (κ1) is 55.1. The van der Waals surface area contributed by atoms with E-state index in [1.807, 2.05) is 78.9 Å². The van der Waals surface area contributed by atoms with Crippen LogP contribution in [0.15, 0.2) is 303 Å².